The van der Waals surface area contributed by atoms with Crippen LogP contribution < -0.4 is 5.43 Å². The maximum absolute atomic E-state index is 11.3. The van der Waals surface area contributed by atoms with Crippen LogP contribution in [0.1, 0.15) is 38.7 Å². The van der Waals surface area contributed by atoms with E-state index in [1.807, 2.05) is 51.1 Å². The maximum Gasteiger partial charge on any atom is 0.240 e. The summed E-state index contributed by atoms with van der Waals surface area (Å²) in [7, 11) is 0. The Kier molecular flexibility index (Phi) is 5.40. The van der Waals surface area contributed by atoms with Crippen LogP contribution in [0.3, 0.4) is 0 Å². The predicted molar refractivity (Wildman–Crippen MR) is 70.9 cm³/mol. The van der Waals surface area contributed by atoms with Crippen molar-refractivity contribution in [3.63, 3.8) is 0 Å². The number of hydrazone groups is 1. The molecule has 1 aromatic carbocycles. The average Bonchev–Trinajstić information content (AvgIpc) is 2.29. The van der Waals surface area contributed by atoms with Gasteiger partial charge in [0.15, 0.2) is 0 Å². The van der Waals surface area contributed by atoms with Crippen LogP contribution in [0.4, 0.5) is 0 Å². The molecule has 0 aliphatic rings. The Hall–Kier alpha value is -1.64. The second-order valence-corrected chi connectivity index (χ2v) is 4.61. The third-order valence-corrected chi connectivity index (χ3v) is 2.41. The number of nitrogens with zero attached hydrogens (tertiary/aromatic N) is 1. The molecular formula is C14H20N2O. The SMILES string of the molecule is CC(C)CC(=O)NN=CC(C)c1ccccc1. The first-order valence-electron chi connectivity index (χ1n) is 5.96. The lowest BCUT2D eigenvalue weighted by Crippen LogP contribution is -2.19. The van der Waals surface area contributed by atoms with Crippen molar-refractivity contribution in [1.29, 1.82) is 0 Å². The van der Waals surface area contributed by atoms with Crippen molar-refractivity contribution in [3.8, 4) is 0 Å². The number of carbonyl (C=O) groups is 1. The Bertz CT molecular complexity index is 371. The molecule has 0 spiro atoms. The minimum absolute atomic E-state index is 0.0310. The first-order chi connectivity index (χ1) is 8.09. The van der Waals surface area contributed by atoms with E-state index in [0.717, 1.165) is 0 Å². The van der Waals surface area contributed by atoms with Gasteiger partial charge in [-0.1, -0.05) is 51.1 Å². The lowest BCUT2D eigenvalue weighted by molar-refractivity contribution is -0.121. The highest BCUT2D eigenvalue weighted by atomic mass is 16.2. The van der Waals surface area contributed by atoms with Gasteiger partial charge in [0, 0.05) is 18.6 Å². The first kappa shape index (κ1) is 13.4. The Morgan fingerprint density at radius 2 is 1.94 bits per heavy atom. The molecule has 0 heterocycles. The molecule has 0 aliphatic carbocycles. The summed E-state index contributed by atoms with van der Waals surface area (Å²) in [6.45, 7) is 6.07. The Morgan fingerprint density at radius 1 is 1.29 bits per heavy atom. The molecule has 3 nitrogen and oxygen atoms in total. The van der Waals surface area contributed by atoms with Gasteiger partial charge in [0.2, 0.25) is 5.91 Å². The number of hydrogen-bond acceptors (Lipinski definition) is 2. The van der Waals surface area contributed by atoms with E-state index in [0.29, 0.717) is 12.3 Å². The van der Waals surface area contributed by atoms with Crippen LogP contribution in [0.5, 0.6) is 0 Å². The third-order valence-electron chi connectivity index (χ3n) is 2.41. The molecule has 0 aromatic heterocycles. The van der Waals surface area contributed by atoms with Crippen molar-refractivity contribution in [1.82, 2.24) is 5.43 Å². The Labute approximate surface area is 103 Å². The van der Waals surface area contributed by atoms with Crippen molar-refractivity contribution in [2.24, 2.45) is 11.0 Å². The quantitative estimate of drug-likeness (QED) is 0.615. The second kappa shape index (κ2) is 6.84. The number of hydrogen-bond donors (Lipinski definition) is 1. The highest BCUT2D eigenvalue weighted by molar-refractivity contribution is 5.77. The van der Waals surface area contributed by atoms with Gasteiger partial charge in [0.1, 0.15) is 0 Å². The molecule has 0 saturated heterocycles. The molecular weight excluding hydrogens is 212 g/mol. The summed E-state index contributed by atoms with van der Waals surface area (Å²) >= 11 is 0. The van der Waals surface area contributed by atoms with E-state index >= 15 is 0 Å². The van der Waals surface area contributed by atoms with Gasteiger partial charge >= 0.3 is 0 Å². The molecule has 0 fully saturated rings. The predicted octanol–water partition coefficient (Wildman–Crippen LogP) is 2.94. The van der Waals surface area contributed by atoms with Gasteiger partial charge in [-0.05, 0) is 11.5 Å². The molecule has 0 saturated carbocycles. The van der Waals surface area contributed by atoms with Gasteiger partial charge in [0.25, 0.3) is 0 Å². The molecule has 17 heavy (non-hydrogen) atoms. The van der Waals surface area contributed by atoms with Crippen LogP contribution >= 0.6 is 0 Å². The zero-order chi connectivity index (χ0) is 12.7. The third kappa shape index (κ3) is 5.29. The van der Waals surface area contributed by atoms with Crippen LogP contribution in [0.25, 0.3) is 0 Å². The van der Waals surface area contributed by atoms with Gasteiger partial charge < -0.3 is 0 Å². The number of carbonyl (C=O) groups excluding carboxylic acids is 1. The van der Waals surface area contributed by atoms with E-state index < -0.39 is 0 Å². The zero-order valence-electron chi connectivity index (χ0n) is 10.7. The van der Waals surface area contributed by atoms with Crippen molar-refractivity contribution in [3.05, 3.63) is 35.9 Å². The second-order valence-electron chi connectivity index (χ2n) is 4.61. The van der Waals surface area contributed by atoms with E-state index in [9.17, 15) is 4.79 Å². The van der Waals surface area contributed by atoms with Gasteiger partial charge in [-0.3, -0.25) is 4.79 Å². The topological polar surface area (TPSA) is 41.5 Å². The standard InChI is InChI=1S/C14H20N2O/c1-11(2)9-14(17)16-15-10-12(3)13-7-5-4-6-8-13/h4-8,10-12H,9H2,1-3H3,(H,16,17). The fraction of sp³-hybridized carbons (Fsp3) is 0.429. The molecule has 1 atom stereocenters. The lowest BCUT2D eigenvalue weighted by Gasteiger charge is -2.06. The van der Waals surface area contributed by atoms with E-state index in [1.165, 1.54) is 5.56 Å². The minimum Gasteiger partial charge on any atom is -0.273 e. The fourth-order valence-corrected chi connectivity index (χ4v) is 1.48. The van der Waals surface area contributed by atoms with Crippen molar-refractivity contribution >= 4 is 12.1 Å². The van der Waals surface area contributed by atoms with Crippen LogP contribution in [0.15, 0.2) is 35.4 Å². The summed E-state index contributed by atoms with van der Waals surface area (Å²) < 4.78 is 0. The first-order valence-corrected chi connectivity index (χ1v) is 5.96. The molecule has 1 N–H and O–H groups in total. The number of nitrogens with one attached hydrogen (secondary N) is 1. The maximum atomic E-state index is 11.3. The summed E-state index contributed by atoms with van der Waals surface area (Å²) in [6, 6.07) is 10.1. The molecule has 0 bridgehead atoms. The van der Waals surface area contributed by atoms with Gasteiger partial charge in [-0.25, -0.2) is 5.43 Å². The van der Waals surface area contributed by atoms with E-state index in [4.69, 9.17) is 0 Å². The van der Waals surface area contributed by atoms with E-state index in [2.05, 4.69) is 10.5 Å². The number of amides is 1. The molecule has 0 radical (unpaired) electrons. The summed E-state index contributed by atoms with van der Waals surface area (Å²) in [5, 5.41) is 3.98. The Balaban J connectivity index is 2.41. The fourth-order valence-electron chi connectivity index (χ4n) is 1.48. The normalized spacial score (nSPS) is 12.9. The number of benzene rings is 1. The summed E-state index contributed by atoms with van der Waals surface area (Å²) in [5.41, 5.74) is 3.73. The van der Waals surface area contributed by atoms with E-state index in [1.54, 1.807) is 6.21 Å². The Morgan fingerprint density at radius 3 is 2.53 bits per heavy atom. The molecule has 0 aliphatic heterocycles. The van der Waals surface area contributed by atoms with Crippen LogP contribution in [0.2, 0.25) is 0 Å². The molecule has 1 amide bonds. The molecule has 1 unspecified atom stereocenters. The zero-order valence-corrected chi connectivity index (χ0v) is 10.7. The van der Waals surface area contributed by atoms with Crippen molar-refractivity contribution in [2.45, 2.75) is 33.1 Å². The summed E-state index contributed by atoms with van der Waals surface area (Å²) in [6.07, 6.45) is 2.27. The molecule has 1 rings (SSSR count). The summed E-state index contributed by atoms with van der Waals surface area (Å²) in [4.78, 5) is 11.3. The monoisotopic (exact) mass is 232 g/mol. The molecule has 3 heteroatoms. The van der Waals surface area contributed by atoms with Gasteiger partial charge in [-0.15, -0.1) is 0 Å². The highest BCUT2D eigenvalue weighted by Crippen LogP contribution is 2.11. The van der Waals surface area contributed by atoms with E-state index in [-0.39, 0.29) is 11.8 Å². The highest BCUT2D eigenvalue weighted by Gasteiger charge is 2.03. The average molecular weight is 232 g/mol. The minimum atomic E-state index is -0.0310. The smallest absolute Gasteiger partial charge is 0.240 e. The van der Waals surface area contributed by atoms with Gasteiger partial charge in [-0.2, -0.15) is 5.10 Å². The van der Waals surface area contributed by atoms with Crippen molar-refractivity contribution in [2.75, 3.05) is 0 Å². The number of rotatable bonds is 5. The van der Waals surface area contributed by atoms with Gasteiger partial charge in [0.05, 0.1) is 0 Å². The summed E-state index contributed by atoms with van der Waals surface area (Å²) in [5.74, 6) is 0.531. The molecule has 1 aromatic rings. The van der Waals surface area contributed by atoms with Crippen LogP contribution in [0, 0.1) is 5.92 Å². The van der Waals surface area contributed by atoms with Crippen molar-refractivity contribution < 1.29 is 4.79 Å². The largest absolute Gasteiger partial charge is 0.273 e. The lowest BCUT2D eigenvalue weighted by atomic mass is 10.0. The van der Waals surface area contributed by atoms with Crippen LogP contribution in [-0.2, 0) is 4.79 Å². The molecule has 92 valence electrons. The van der Waals surface area contributed by atoms with Crippen LogP contribution in [-0.4, -0.2) is 12.1 Å².